The molecule has 0 saturated heterocycles. The van der Waals surface area contributed by atoms with Crippen LogP contribution in [0.4, 0.5) is 0 Å². The quantitative estimate of drug-likeness (QED) is 0.754. The second-order valence-electron chi connectivity index (χ2n) is 5.44. The Bertz CT molecular complexity index is 374. The van der Waals surface area contributed by atoms with Crippen LogP contribution in [-0.2, 0) is 11.3 Å². The van der Waals surface area contributed by atoms with Crippen molar-refractivity contribution in [1.82, 2.24) is 4.90 Å². The maximum absolute atomic E-state index is 11.8. The predicted molar refractivity (Wildman–Crippen MR) is 69.0 cm³/mol. The second kappa shape index (κ2) is 5.32. The molecule has 0 aliphatic heterocycles. The highest BCUT2D eigenvalue weighted by Gasteiger charge is 2.17. The number of benzene rings is 1. The average molecular weight is 235 g/mol. The molecule has 94 valence electrons. The Morgan fingerprint density at radius 1 is 1.18 bits per heavy atom. The van der Waals surface area contributed by atoms with Crippen molar-refractivity contribution < 1.29 is 9.53 Å². The lowest BCUT2D eigenvalue weighted by Crippen LogP contribution is -2.23. The molecule has 1 aromatic carbocycles. The van der Waals surface area contributed by atoms with Gasteiger partial charge in [0, 0.05) is 6.54 Å². The van der Waals surface area contributed by atoms with E-state index in [-0.39, 0.29) is 5.97 Å². The van der Waals surface area contributed by atoms with Gasteiger partial charge in [0.1, 0.15) is 5.60 Å². The summed E-state index contributed by atoms with van der Waals surface area (Å²) in [5.74, 6) is -0.270. The average Bonchev–Trinajstić information content (AvgIpc) is 2.15. The number of ether oxygens (including phenoxy) is 1. The first kappa shape index (κ1) is 13.7. The number of hydrogen-bond acceptors (Lipinski definition) is 3. The van der Waals surface area contributed by atoms with Gasteiger partial charge < -0.3 is 9.64 Å². The number of carbonyl (C=O) groups is 1. The maximum atomic E-state index is 11.8. The number of esters is 1. The van der Waals surface area contributed by atoms with Crippen molar-refractivity contribution in [2.75, 3.05) is 14.1 Å². The van der Waals surface area contributed by atoms with Gasteiger partial charge in [0.2, 0.25) is 0 Å². The van der Waals surface area contributed by atoms with Crippen molar-refractivity contribution in [3.05, 3.63) is 35.4 Å². The molecule has 1 aromatic rings. The molecule has 1 rings (SSSR count). The molecule has 0 unspecified atom stereocenters. The fourth-order valence-electron chi connectivity index (χ4n) is 1.45. The normalized spacial score (nSPS) is 11.6. The first-order valence-corrected chi connectivity index (χ1v) is 5.75. The van der Waals surface area contributed by atoms with Gasteiger partial charge in [-0.1, -0.05) is 12.1 Å². The predicted octanol–water partition coefficient (Wildman–Crippen LogP) is 2.70. The molecule has 0 atom stereocenters. The molecule has 0 amide bonds. The van der Waals surface area contributed by atoms with Crippen LogP contribution in [0.2, 0.25) is 0 Å². The number of carbonyl (C=O) groups excluding carboxylic acids is 1. The standard InChI is InChI=1S/C14H21NO2/c1-14(2,3)17-13(16)12-8-6-11(7-9-12)10-15(4)5/h6-9H,10H2,1-5H3. The Labute approximate surface area is 103 Å². The maximum Gasteiger partial charge on any atom is 0.338 e. The van der Waals surface area contributed by atoms with Crippen molar-refractivity contribution in [1.29, 1.82) is 0 Å². The van der Waals surface area contributed by atoms with E-state index in [0.29, 0.717) is 5.56 Å². The third-order valence-corrected chi connectivity index (χ3v) is 2.09. The minimum Gasteiger partial charge on any atom is -0.456 e. The Morgan fingerprint density at radius 3 is 2.12 bits per heavy atom. The Kier molecular flexibility index (Phi) is 4.29. The number of rotatable bonds is 3. The molecule has 0 heterocycles. The minimum absolute atomic E-state index is 0.270. The molecule has 0 bridgehead atoms. The SMILES string of the molecule is CN(C)Cc1ccc(C(=O)OC(C)(C)C)cc1. The van der Waals surface area contributed by atoms with E-state index in [1.165, 1.54) is 5.56 Å². The van der Waals surface area contributed by atoms with Gasteiger partial charge in [0.25, 0.3) is 0 Å². The summed E-state index contributed by atoms with van der Waals surface area (Å²) in [6, 6.07) is 7.54. The van der Waals surface area contributed by atoms with Gasteiger partial charge in [-0.3, -0.25) is 0 Å². The topological polar surface area (TPSA) is 29.5 Å². The summed E-state index contributed by atoms with van der Waals surface area (Å²) in [5.41, 5.74) is 1.34. The molecule has 0 radical (unpaired) electrons. The van der Waals surface area contributed by atoms with Crippen molar-refractivity contribution in [2.24, 2.45) is 0 Å². The van der Waals surface area contributed by atoms with Crippen LogP contribution in [-0.4, -0.2) is 30.6 Å². The Hall–Kier alpha value is -1.35. The summed E-state index contributed by atoms with van der Waals surface area (Å²) < 4.78 is 5.30. The van der Waals surface area contributed by atoms with Crippen LogP contribution in [0.15, 0.2) is 24.3 Å². The van der Waals surface area contributed by atoms with Crippen LogP contribution in [0, 0.1) is 0 Å². The lowest BCUT2D eigenvalue weighted by Gasteiger charge is -2.19. The molecule has 0 aliphatic carbocycles. The molecule has 0 fully saturated rings. The van der Waals surface area contributed by atoms with Gasteiger partial charge in [0.05, 0.1) is 5.56 Å². The monoisotopic (exact) mass is 235 g/mol. The van der Waals surface area contributed by atoms with Crippen LogP contribution in [0.5, 0.6) is 0 Å². The van der Waals surface area contributed by atoms with Crippen LogP contribution in [0.1, 0.15) is 36.7 Å². The smallest absolute Gasteiger partial charge is 0.338 e. The molecule has 0 saturated carbocycles. The molecule has 0 aromatic heterocycles. The Balaban J connectivity index is 2.71. The van der Waals surface area contributed by atoms with E-state index in [1.54, 1.807) is 0 Å². The molecular formula is C14H21NO2. The molecule has 0 spiro atoms. The molecule has 0 N–H and O–H groups in total. The third kappa shape index (κ3) is 5.00. The zero-order valence-electron chi connectivity index (χ0n) is 11.3. The van der Waals surface area contributed by atoms with Crippen LogP contribution < -0.4 is 0 Å². The zero-order valence-corrected chi connectivity index (χ0v) is 11.3. The summed E-state index contributed by atoms with van der Waals surface area (Å²) >= 11 is 0. The highest BCUT2D eigenvalue weighted by Crippen LogP contribution is 2.13. The van der Waals surface area contributed by atoms with Gasteiger partial charge >= 0.3 is 5.97 Å². The molecule has 0 aliphatic rings. The van der Waals surface area contributed by atoms with Gasteiger partial charge in [-0.05, 0) is 52.6 Å². The summed E-state index contributed by atoms with van der Waals surface area (Å²) in [6.07, 6.45) is 0. The highest BCUT2D eigenvalue weighted by atomic mass is 16.6. The van der Waals surface area contributed by atoms with Crippen molar-refractivity contribution >= 4 is 5.97 Å². The van der Waals surface area contributed by atoms with Crippen molar-refractivity contribution in [2.45, 2.75) is 32.9 Å². The van der Waals surface area contributed by atoms with E-state index in [9.17, 15) is 4.79 Å². The van der Waals surface area contributed by atoms with Crippen LogP contribution in [0.3, 0.4) is 0 Å². The molecular weight excluding hydrogens is 214 g/mol. The lowest BCUT2D eigenvalue weighted by atomic mass is 10.1. The van der Waals surface area contributed by atoms with Crippen molar-refractivity contribution in [3.8, 4) is 0 Å². The summed E-state index contributed by atoms with van der Waals surface area (Å²) in [7, 11) is 4.03. The van der Waals surface area contributed by atoms with Gasteiger partial charge in [-0.2, -0.15) is 0 Å². The third-order valence-electron chi connectivity index (χ3n) is 2.09. The van der Waals surface area contributed by atoms with E-state index in [0.717, 1.165) is 6.54 Å². The van der Waals surface area contributed by atoms with Crippen LogP contribution >= 0.6 is 0 Å². The zero-order chi connectivity index (χ0) is 13.1. The fraction of sp³-hybridized carbons (Fsp3) is 0.500. The number of hydrogen-bond donors (Lipinski definition) is 0. The number of nitrogens with zero attached hydrogens (tertiary/aromatic N) is 1. The molecule has 17 heavy (non-hydrogen) atoms. The summed E-state index contributed by atoms with van der Waals surface area (Å²) in [4.78, 5) is 13.8. The van der Waals surface area contributed by atoms with E-state index < -0.39 is 5.60 Å². The van der Waals surface area contributed by atoms with Gasteiger partial charge in [-0.25, -0.2) is 4.79 Å². The lowest BCUT2D eigenvalue weighted by molar-refractivity contribution is 0.00695. The molecule has 3 nitrogen and oxygen atoms in total. The Morgan fingerprint density at radius 2 is 1.71 bits per heavy atom. The van der Waals surface area contributed by atoms with Gasteiger partial charge in [-0.15, -0.1) is 0 Å². The summed E-state index contributed by atoms with van der Waals surface area (Å²) in [5, 5.41) is 0. The molecule has 3 heteroatoms. The minimum atomic E-state index is -0.445. The van der Waals surface area contributed by atoms with Crippen molar-refractivity contribution in [3.63, 3.8) is 0 Å². The van der Waals surface area contributed by atoms with E-state index in [4.69, 9.17) is 4.74 Å². The largest absolute Gasteiger partial charge is 0.456 e. The second-order valence-corrected chi connectivity index (χ2v) is 5.44. The fourth-order valence-corrected chi connectivity index (χ4v) is 1.45. The van der Waals surface area contributed by atoms with E-state index >= 15 is 0 Å². The van der Waals surface area contributed by atoms with E-state index in [2.05, 4.69) is 4.90 Å². The van der Waals surface area contributed by atoms with Gasteiger partial charge in [0.15, 0.2) is 0 Å². The van der Waals surface area contributed by atoms with Crippen LogP contribution in [0.25, 0.3) is 0 Å². The summed E-state index contributed by atoms with van der Waals surface area (Å²) in [6.45, 7) is 6.47. The first-order valence-electron chi connectivity index (χ1n) is 5.75. The highest BCUT2D eigenvalue weighted by molar-refractivity contribution is 5.89. The van der Waals surface area contributed by atoms with E-state index in [1.807, 2.05) is 59.1 Å². The first-order chi connectivity index (χ1) is 7.78.